The van der Waals surface area contributed by atoms with Crippen LogP contribution in [0.4, 0.5) is 0 Å². The van der Waals surface area contributed by atoms with E-state index >= 15 is 0 Å². The van der Waals surface area contributed by atoms with Gasteiger partial charge in [-0.05, 0) is 19.4 Å². The second-order valence-electron chi connectivity index (χ2n) is 3.57. The molecule has 1 aromatic heterocycles. The number of nitrogens with one attached hydrogen (secondary N) is 1. The molecule has 2 heterocycles. The van der Waals surface area contributed by atoms with Crippen molar-refractivity contribution >= 4 is 33.7 Å². The third-order valence-corrected chi connectivity index (χ3v) is 5.47. The zero-order valence-electron chi connectivity index (χ0n) is 8.24. The van der Waals surface area contributed by atoms with Gasteiger partial charge in [0.15, 0.2) is 4.47 Å². The predicted molar refractivity (Wildman–Crippen MR) is 64.9 cm³/mol. The van der Waals surface area contributed by atoms with E-state index in [2.05, 4.69) is 10.3 Å². The molecule has 1 aliphatic heterocycles. The normalized spacial score (nSPS) is 23.9. The smallest absolute Gasteiger partial charge is 0.183 e. The van der Waals surface area contributed by atoms with Crippen LogP contribution in [0.3, 0.4) is 0 Å². The van der Waals surface area contributed by atoms with Crippen molar-refractivity contribution in [2.45, 2.75) is 23.8 Å². The summed E-state index contributed by atoms with van der Waals surface area (Å²) >= 11 is 7.15. The van der Waals surface area contributed by atoms with E-state index in [9.17, 15) is 4.21 Å². The molecule has 3 nitrogen and oxygen atoms in total. The molecule has 1 N–H and O–H groups in total. The minimum Gasteiger partial charge on any atom is -0.316 e. The third kappa shape index (κ3) is 3.24. The zero-order valence-corrected chi connectivity index (χ0v) is 10.6. The summed E-state index contributed by atoms with van der Waals surface area (Å²) in [6.07, 6.45) is 3.91. The Labute approximate surface area is 101 Å². The highest BCUT2D eigenvalue weighted by atomic mass is 35.5. The summed E-state index contributed by atoms with van der Waals surface area (Å²) in [4.78, 5) is 4.97. The number of halogens is 1. The van der Waals surface area contributed by atoms with Crippen molar-refractivity contribution in [3.8, 4) is 0 Å². The Morgan fingerprint density at radius 1 is 1.73 bits per heavy atom. The van der Waals surface area contributed by atoms with Crippen LogP contribution in [0.5, 0.6) is 0 Å². The van der Waals surface area contributed by atoms with E-state index in [1.807, 2.05) is 0 Å². The zero-order chi connectivity index (χ0) is 10.7. The largest absolute Gasteiger partial charge is 0.316 e. The first kappa shape index (κ1) is 11.5. The van der Waals surface area contributed by atoms with E-state index in [1.54, 1.807) is 6.20 Å². The van der Waals surface area contributed by atoms with Crippen LogP contribution < -0.4 is 5.32 Å². The molecular formula is C9H13ClN2OS2. The van der Waals surface area contributed by atoms with Crippen LogP contribution in [0.25, 0.3) is 0 Å². The molecule has 0 aliphatic carbocycles. The van der Waals surface area contributed by atoms with Gasteiger partial charge in [0.2, 0.25) is 0 Å². The molecule has 15 heavy (non-hydrogen) atoms. The van der Waals surface area contributed by atoms with E-state index in [1.165, 1.54) is 11.3 Å². The summed E-state index contributed by atoms with van der Waals surface area (Å²) in [5.41, 5.74) is 0. The lowest BCUT2D eigenvalue weighted by molar-refractivity contribution is 0.519. The molecule has 2 atom stereocenters. The van der Waals surface area contributed by atoms with Gasteiger partial charge in [0.25, 0.3) is 0 Å². The number of piperidine rings is 1. The molecule has 0 amide bonds. The first-order chi connectivity index (χ1) is 7.25. The fourth-order valence-electron chi connectivity index (χ4n) is 1.65. The van der Waals surface area contributed by atoms with Crippen molar-refractivity contribution in [1.29, 1.82) is 0 Å². The van der Waals surface area contributed by atoms with Gasteiger partial charge in [0.1, 0.15) is 0 Å². The Morgan fingerprint density at radius 3 is 3.20 bits per heavy atom. The van der Waals surface area contributed by atoms with Crippen molar-refractivity contribution in [1.82, 2.24) is 10.3 Å². The molecule has 0 radical (unpaired) electrons. The highest BCUT2D eigenvalue weighted by molar-refractivity contribution is 7.85. The summed E-state index contributed by atoms with van der Waals surface area (Å²) in [5.74, 6) is 0.594. The summed E-state index contributed by atoms with van der Waals surface area (Å²) in [7, 11) is -0.795. The predicted octanol–water partition coefficient (Wildman–Crippen LogP) is 1.80. The lowest BCUT2D eigenvalue weighted by Gasteiger charge is -2.21. The molecule has 0 bridgehead atoms. The van der Waals surface area contributed by atoms with E-state index in [0.717, 1.165) is 30.8 Å². The van der Waals surface area contributed by atoms with Crippen LogP contribution in [0.2, 0.25) is 4.47 Å². The van der Waals surface area contributed by atoms with Gasteiger partial charge in [0, 0.05) is 33.7 Å². The highest BCUT2D eigenvalue weighted by Gasteiger charge is 2.20. The maximum Gasteiger partial charge on any atom is 0.183 e. The Morgan fingerprint density at radius 2 is 2.60 bits per heavy atom. The molecular weight excluding hydrogens is 252 g/mol. The van der Waals surface area contributed by atoms with E-state index in [4.69, 9.17) is 11.6 Å². The number of thiazole rings is 1. The molecule has 1 fully saturated rings. The first-order valence-electron chi connectivity index (χ1n) is 4.94. The van der Waals surface area contributed by atoms with Crippen molar-refractivity contribution < 1.29 is 4.21 Å². The summed E-state index contributed by atoms with van der Waals surface area (Å²) in [5, 5.41) is 3.57. The molecule has 1 aliphatic rings. The molecule has 6 heteroatoms. The molecule has 84 valence electrons. The molecule has 0 saturated carbocycles. The average molecular weight is 265 g/mol. The lowest BCUT2D eigenvalue weighted by atomic mass is 10.2. The van der Waals surface area contributed by atoms with Gasteiger partial charge in [0.05, 0.1) is 5.75 Å². The number of nitrogens with zero attached hydrogens (tertiary/aromatic N) is 1. The van der Waals surface area contributed by atoms with Crippen molar-refractivity contribution in [2.24, 2.45) is 0 Å². The average Bonchev–Trinajstić information content (AvgIpc) is 2.65. The number of hydrogen-bond donors (Lipinski definition) is 1. The van der Waals surface area contributed by atoms with Crippen molar-refractivity contribution in [3.05, 3.63) is 15.5 Å². The standard InChI is InChI=1S/C9H13ClN2OS2/c10-9-12-4-7(14-9)6-15(13)8-2-1-3-11-5-8/h4,8,11H,1-3,5-6H2/t8-,15+/m1/s1. The van der Waals surface area contributed by atoms with E-state index in [0.29, 0.717) is 15.5 Å². The third-order valence-electron chi connectivity index (χ3n) is 2.43. The Kier molecular flexibility index (Phi) is 4.13. The van der Waals surface area contributed by atoms with Crippen molar-refractivity contribution in [3.63, 3.8) is 0 Å². The molecule has 0 spiro atoms. The van der Waals surface area contributed by atoms with Gasteiger partial charge in [-0.2, -0.15) is 0 Å². The fourth-order valence-corrected chi connectivity index (χ4v) is 4.33. The Hall–Kier alpha value is 0.0300. The molecule has 0 unspecified atom stereocenters. The van der Waals surface area contributed by atoms with Gasteiger partial charge in [-0.15, -0.1) is 11.3 Å². The first-order valence-corrected chi connectivity index (χ1v) is 7.51. The monoisotopic (exact) mass is 264 g/mol. The van der Waals surface area contributed by atoms with Crippen LogP contribution in [0.1, 0.15) is 17.7 Å². The summed E-state index contributed by atoms with van der Waals surface area (Å²) in [6.45, 7) is 1.93. The topological polar surface area (TPSA) is 42.0 Å². The summed E-state index contributed by atoms with van der Waals surface area (Å²) < 4.78 is 12.5. The number of aromatic nitrogens is 1. The van der Waals surface area contributed by atoms with Gasteiger partial charge < -0.3 is 5.32 Å². The van der Waals surface area contributed by atoms with Gasteiger partial charge in [-0.25, -0.2) is 4.98 Å². The van der Waals surface area contributed by atoms with Crippen LogP contribution in [0.15, 0.2) is 6.20 Å². The quantitative estimate of drug-likeness (QED) is 0.905. The SMILES string of the molecule is O=[S@@](Cc1cnc(Cl)s1)[C@@H]1CCCNC1. The van der Waals surface area contributed by atoms with Gasteiger partial charge in [-0.3, -0.25) is 4.21 Å². The molecule has 0 aromatic carbocycles. The molecule has 2 rings (SSSR count). The van der Waals surface area contributed by atoms with Crippen LogP contribution in [0, 0.1) is 0 Å². The maximum atomic E-state index is 12.0. The maximum absolute atomic E-state index is 12.0. The second-order valence-corrected chi connectivity index (χ2v) is 6.99. The van der Waals surface area contributed by atoms with Crippen molar-refractivity contribution in [2.75, 3.05) is 13.1 Å². The second kappa shape index (κ2) is 5.39. The fraction of sp³-hybridized carbons (Fsp3) is 0.667. The van der Waals surface area contributed by atoms with Crippen LogP contribution >= 0.6 is 22.9 Å². The highest BCUT2D eigenvalue weighted by Crippen LogP contribution is 2.21. The Bertz CT molecular complexity index is 350. The Balaban J connectivity index is 1.91. The lowest BCUT2D eigenvalue weighted by Crippen LogP contribution is -2.36. The minimum atomic E-state index is -0.795. The van der Waals surface area contributed by atoms with Crippen LogP contribution in [-0.4, -0.2) is 27.5 Å². The number of rotatable bonds is 3. The van der Waals surface area contributed by atoms with Gasteiger partial charge in [-0.1, -0.05) is 11.6 Å². The molecule has 1 aromatic rings. The van der Waals surface area contributed by atoms with E-state index in [-0.39, 0.29) is 0 Å². The minimum absolute atomic E-state index is 0.291. The molecule has 1 saturated heterocycles. The van der Waals surface area contributed by atoms with E-state index < -0.39 is 10.8 Å². The van der Waals surface area contributed by atoms with Crippen LogP contribution in [-0.2, 0) is 16.6 Å². The number of hydrogen-bond acceptors (Lipinski definition) is 4. The summed E-state index contributed by atoms with van der Waals surface area (Å²) in [6, 6.07) is 0. The van der Waals surface area contributed by atoms with Gasteiger partial charge >= 0.3 is 0 Å².